The second kappa shape index (κ2) is 10.2. The number of carbonyl (C=O) groups is 2. The van der Waals surface area contributed by atoms with Gasteiger partial charge in [0.15, 0.2) is 0 Å². The topological polar surface area (TPSA) is 86.5 Å². The molecule has 5 rings (SSSR count). The molecular weight excluding hydrogens is 476 g/mol. The molecule has 1 saturated carbocycles. The number of nitrogens with zero attached hydrogens (tertiary/aromatic N) is 1. The van der Waals surface area contributed by atoms with E-state index in [9.17, 15) is 9.59 Å². The van der Waals surface area contributed by atoms with Crippen LogP contribution in [-0.4, -0.2) is 67.6 Å². The molecule has 3 N–H and O–H groups in total. The van der Waals surface area contributed by atoms with Crippen molar-refractivity contribution in [3.05, 3.63) is 70.4 Å². The highest BCUT2D eigenvalue weighted by molar-refractivity contribution is 6.35. The monoisotopic (exact) mass is 508 g/mol. The van der Waals surface area contributed by atoms with Crippen molar-refractivity contribution in [3.63, 3.8) is 0 Å². The largest absolute Gasteiger partial charge is 0.379 e. The van der Waals surface area contributed by atoms with Crippen molar-refractivity contribution in [1.29, 1.82) is 0 Å². The highest BCUT2D eigenvalue weighted by Crippen LogP contribution is 2.51. The first-order chi connectivity index (χ1) is 17.3. The Morgan fingerprint density at radius 3 is 2.47 bits per heavy atom. The summed E-state index contributed by atoms with van der Waals surface area (Å²) in [6.45, 7) is 1.95. The smallest absolute Gasteiger partial charge is 0.251 e. The van der Waals surface area contributed by atoms with E-state index in [1.807, 2.05) is 18.2 Å². The van der Waals surface area contributed by atoms with Crippen LogP contribution in [0.15, 0.2) is 48.7 Å². The molecule has 36 heavy (non-hydrogen) atoms. The molecular formula is C28H33ClN4O3. The zero-order valence-electron chi connectivity index (χ0n) is 20.8. The van der Waals surface area contributed by atoms with E-state index in [2.05, 4.69) is 46.7 Å². The number of hydrogen-bond acceptors (Lipinski definition) is 4. The van der Waals surface area contributed by atoms with Gasteiger partial charge in [-0.3, -0.25) is 9.59 Å². The number of aromatic nitrogens is 1. The third-order valence-corrected chi connectivity index (χ3v) is 7.85. The summed E-state index contributed by atoms with van der Waals surface area (Å²) < 4.78 is 5.62. The molecule has 2 fully saturated rings. The second-order valence-corrected chi connectivity index (χ2v) is 10.7. The number of aromatic amines is 1. The van der Waals surface area contributed by atoms with Crippen LogP contribution in [0, 0.1) is 0 Å². The lowest BCUT2D eigenvalue weighted by Crippen LogP contribution is -2.56. The lowest BCUT2D eigenvalue weighted by Gasteiger charge is -2.32. The van der Waals surface area contributed by atoms with Crippen LogP contribution in [0.2, 0.25) is 5.02 Å². The summed E-state index contributed by atoms with van der Waals surface area (Å²) in [5.41, 5.74) is 3.54. The normalized spacial score (nSPS) is 20.9. The number of carbonyl (C=O) groups excluding carboxylic acids is 2. The number of rotatable bonds is 8. The molecule has 2 aromatic carbocycles. The average molecular weight is 509 g/mol. The molecule has 0 radical (unpaired) electrons. The number of ether oxygens (including phenoxy) is 1. The van der Waals surface area contributed by atoms with E-state index in [4.69, 9.17) is 16.3 Å². The molecule has 190 valence electrons. The van der Waals surface area contributed by atoms with Crippen LogP contribution in [0.1, 0.15) is 52.0 Å². The molecule has 8 heteroatoms. The van der Waals surface area contributed by atoms with Crippen molar-refractivity contribution >= 4 is 34.3 Å². The van der Waals surface area contributed by atoms with Crippen molar-refractivity contribution in [2.45, 2.75) is 43.2 Å². The summed E-state index contributed by atoms with van der Waals surface area (Å²) in [7, 11) is 4.21. The van der Waals surface area contributed by atoms with Gasteiger partial charge in [0.25, 0.3) is 11.8 Å². The molecule has 7 nitrogen and oxygen atoms in total. The maximum Gasteiger partial charge on any atom is 0.251 e. The van der Waals surface area contributed by atoms with E-state index in [0.717, 1.165) is 23.9 Å². The Kier molecular flexibility index (Phi) is 7.06. The molecule has 0 bridgehead atoms. The van der Waals surface area contributed by atoms with Crippen LogP contribution < -0.4 is 10.6 Å². The van der Waals surface area contributed by atoms with E-state index in [1.165, 1.54) is 18.4 Å². The van der Waals surface area contributed by atoms with Crippen molar-refractivity contribution in [2.24, 2.45) is 0 Å². The highest BCUT2D eigenvalue weighted by atomic mass is 35.5. The van der Waals surface area contributed by atoms with Gasteiger partial charge in [0.05, 0.1) is 23.7 Å². The van der Waals surface area contributed by atoms with Gasteiger partial charge in [0.2, 0.25) is 0 Å². The Hall–Kier alpha value is -2.87. The first kappa shape index (κ1) is 24.8. The summed E-state index contributed by atoms with van der Waals surface area (Å²) in [5, 5.41) is 7.66. The number of hydrogen-bond donors (Lipinski definition) is 3. The Morgan fingerprint density at radius 2 is 1.75 bits per heavy atom. The van der Waals surface area contributed by atoms with Crippen molar-refractivity contribution < 1.29 is 14.3 Å². The molecule has 0 spiro atoms. The van der Waals surface area contributed by atoms with Gasteiger partial charge in [-0.1, -0.05) is 29.8 Å². The minimum atomic E-state index is -0.321. The van der Waals surface area contributed by atoms with Gasteiger partial charge in [-0.05, 0) is 81.6 Å². The third kappa shape index (κ3) is 5.28. The van der Waals surface area contributed by atoms with Gasteiger partial charge in [-0.2, -0.15) is 0 Å². The van der Waals surface area contributed by atoms with E-state index in [1.54, 1.807) is 18.3 Å². The molecule has 2 amide bonds. The minimum Gasteiger partial charge on any atom is -0.379 e. The molecule has 2 atom stereocenters. The number of nitrogens with one attached hydrogen (secondary N) is 3. The molecule has 3 aromatic rings. The number of fused-ring (bicyclic) bond motifs is 1. The molecule has 1 aromatic heterocycles. The molecule has 1 aliphatic carbocycles. The summed E-state index contributed by atoms with van der Waals surface area (Å²) in [6, 6.07) is 12.9. The maximum atomic E-state index is 13.1. The fraction of sp³-hybridized carbons (Fsp3) is 0.429. The first-order valence-corrected chi connectivity index (χ1v) is 12.9. The first-order valence-electron chi connectivity index (χ1n) is 12.6. The Morgan fingerprint density at radius 1 is 1.06 bits per heavy atom. The zero-order chi connectivity index (χ0) is 25.3. The van der Waals surface area contributed by atoms with E-state index in [-0.39, 0.29) is 29.3 Å². The van der Waals surface area contributed by atoms with E-state index in [0.29, 0.717) is 35.8 Å². The second-order valence-electron chi connectivity index (χ2n) is 10.3. The van der Waals surface area contributed by atoms with E-state index < -0.39 is 0 Å². The molecule has 2 heterocycles. The number of benzene rings is 2. The van der Waals surface area contributed by atoms with Gasteiger partial charge < -0.3 is 25.3 Å². The summed E-state index contributed by atoms with van der Waals surface area (Å²) >= 11 is 6.15. The van der Waals surface area contributed by atoms with Gasteiger partial charge in [-0.25, -0.2) is 0 Å². The van der Waals surface area contributed by atoms with Gasteiger partial charge in [0.1, 0.15) is 0 Å². The number of H-pyrrole nitrogens is 1. The Bertz CT molecular complexity index is 1250. The van der Waals surface area contributed by atoms with Crippen LogP contribution in [0.3, 0.4) is 0 Å². The Labute approximate surface area is 216 Å². The van der Waals surface area contributed by atoms with Crippen molar-refractivity contribution in [1.82, 2.24) is 20.5 Å². The standard InChI is InChI=1S/C28H33ClN4O3/c1-33(2)13-12-28(10-11-28)20-6-3-18(4-7-20)26(34)31-23-9-14-36-17-25(23)32-27(35)19-5-8-21-22(29)16-30-24(21)15-19/h3-8,15-16,23,25,30H,9-14,17H2,1-2H3,(H,31,34)(H,32,35). The molecule has 2 aliphatic rings. The van der Waals surface area contributed by atoms with Gasteiger partial charge in [-0.15, -0.1) is 0 Å². The summed E-state index contributed by atoms with van der Waals surface area (Å²) in [5.74, 6) is -0.345. The van der Waals surface area contributed by atoms with Crippen LogP contribution in [0.25, 0.3) is 10.9 Å². The lowest BCUT2D eigenvalue weighted by atomic mass is 9.91. The van der Waals surface area contributed by atoms with Crippen LogP contribution in [-0.2, 0) is 10.2 Å². The summed E-state index contributed by atoms with van der Waals surface area (Å²) in [4.78, 5) is 31.3. The van der Waals surface area contributed by atoms with Crippen molar-refractivity contribution in [2.75, 3.05) is 33.9 Å². The minimum absolute atomic E-state index is 0.131. The average Bonchev–Trinajstić information content (AvgIpc) is 3.59. The molecule has 2 unspecified atom stereocenters. The quantitative estimate of drug-likeness (QED) is 0.427. The van der Waals surface area contributed by atoms with Crippen LogP contribution in [0.5, 0.6) is 0 Å². The van der Waals surface area contributed by atoms with Crippen molar-refractivity contribution in [3.8, 4) is 0 Å². The van der Waals surface area contributed by atoms with Crippen LogP contribution >= 0.6 is 11.6 Å². The highest BCUT2D eigenvalue weighted by Gasteiger charge is 2.43. The maximum absolute atomic E-state index is 13.1. The third-order valence-electron chi connectivity index (χ3n) is 7.53. The predicted octanol–water partition coefficient (Wildman–Crippen LogP) is 4.12. The summed E-state index contributed by atoms with van der Waals surface area (Å²) in [6.07, 6.45) is 5.89. The Balaban J connectivity index is 1.22. The number of halogens is 1. The SMILES string of the molecule is CN(C)CCC1(c2ccc(C(=O)NC3CCOCC3NC(=O)c3ccc4c(Cl)c[nH]c4c3)cc2)CC1. The fourth-order valence-electron chi connectivity index (χ4n) is 5.04. The molecule has 1 aliphatic heterocycles. The number of amides is 2. The predicted molar refractivity (Wildman–Crippen MR) is 142 cm³/mol. The van der Waals surface area contributed by atoms with Gasteiger partial charge >= 0.3 is 0 Å². The fourth-order valence-corrected chi connectivity index (χ4v) is 5.25. The van der Waals surface area contributed by atoms with E-state index >= 15 is 0 Å². The van der Waals surface area contributed by atoms with Crippen LogP contribution in [0.4, 0.5) is 0 Å². The zero-order valence-corrected chi connectivity index (χ0v) is 21.5. The lowest BCUT2D eigenvalue weighted by molar-refractivity contribution is 0.0436. The van der Waals surface area contributed by atoms with Gasteiger partial charge in [0, 0.05) is 34.8 Å². The molecule has 1 saturated heterocycles.